The summed E-state index contributed by atoms with van der Waals surface area (Å²) in [6.07, 6.45) is 9.67. The van der Waals surface area contributed by atoms with Crippen molar-refractivity contribution >= 4 is 5.91 Å². The van der Waals surface area contributed by atoms with Gasteiger partial charge in [0.1, 0.15) is 5.82 Å². The molecule has 0 spiro atoms. The average Bonchev–Trinajstić information content (AvgIpc) is 2.78. The van der Waals surface area contributed by atoms with Gasteiger partial charge in [0.25, 0.3) is 5.91 Å². The van der Waals surface area contributed by atoms with E-state index in [9.17, 15) is 4.79 Å². The molecule has 28 heavy (non-hydrogen) atoms. The maximum absolute atomic E-state index is 13.0. The van der Waals surface area contributed by atoms with Crippen molar-refractivity contribution in [1.29, 1.82) is 0 Å². The Hall–Kier alpha value is -2.27. The first-order valence-electron chi connectivity index (χ1n) is 10.7. The van der Waals surface area contributed by atoms with Gasteiger partial charge in [0, 0.05) is 61.5 Å². The summed E-state index contributed by atoms with van der Waals surface area (Å²) >= 11 is 0. The van der Waals surface area contributed by atoms with Crippen molar-refractivity contribution in [2.24, 2.45) is 0 Å². The van der Waals surface area contributed by atoms with Gasteiger partial charge < -0.3 is 10.2 Å². The second kappa shape index (κ2) is 7.63. The molecule has 1 aromatic heterocycles. The van der Waals surface area contributed by atoms with Crippen LogP contribution in [0.15, 0.2) is 24.4 Å². The second-order valence-corrected chi connectivity index (χ2v) is 8.38. The summed E-state index contributed by atoms with van der Waals surface area (Å²) in [5.41, 5.74) is 6.10. The van der Waals surface area contributed by atoms with Crippen molar-refractivity contribution < 1.29 is 4.79 Å². The van der Waals surface area contributed by atoms with Crippen LogP contribution in [0.2, 0.25) is 0 Å². The van der Waals surface area contributed by atoms with Crippen LogP contribution in [0.25, 0.3) is 0 Å². The standard InChI is InChI=1S/C23H28N4O/c28-23(19-6-5-16-3-1-2-4-18(16)13-19)27-11-8-17(9-12-27)22-25-15-20-14-24-10-7-21(20)26-22/h5-6,13,15,17,24H,1-4,7-12,14H2. The Balaban J connectivity index is 1.25. The third-order valence-corrected chi connectivity index (χ3v) is 6.57. The van der Waals surface area contributed by atoms with Crippen molar-refractivity contribution in [2.75, 3.05) is 19.6 Å². The van der Waals surface area contributed by atoms with Gasteiger partial charge in [-0.25, -0.2) is 9.97 Å². The van der Waals surface area contributed by atoms with Gasteiger partial charge in [0.15, 0.2) is 0 Å². The van der Waals surface area contributed by atoms with Crippen LogP contribution < -0.4 is 5.32 Å². The monoisotopic (exact) mass is 376 g/mol. The summed E-state index contributed by atoms with van der Waals surface area (Å²) in [6.45, 7) is 3.46. The van der Waals surface area contributed by atoms with E-state index in [-0.39, 0.29) is 5.91 Å². The number of nitrogens with zero attached hydrogens (tertiary/aromatic N) is 3. The Labute approximate surface area is 166 Å². The first-order chi connectivity index (χ1) is 13.8. The topological polar surface area (TPSA) is 58.1 Å². The lowest BCUT2D eigenvalue weighted by Crippen LogP contribution is -2.38. The van der Waals surface area contributed by atoms with Gasteiger partial charge in [0.05, 0.1) is 0 Å². The number of aromatic nitrogens is 2. The maximum atomic E-state index is 13.0. The Bertz CT molecular complexity index is 886. The van der Waals surface area contributed by atoms with Gasteiger partial charge >= 0.3 is 0 Å². The van der Waals surface area contributed by atoms with Gasteiger partial charge in [-0.1, -0.05) is 6.07 Å². The molecule has 5 rings (SSSR count). The Morgan fingerprint density at radius 1 is 1.04 bits per heavy atom. The molecule has 0 radical (unpaired) electrons. The average molecular weight is 377 g/mol. The largest absolute Gasteiger partial charge is 0.339 e. The molecule has 2 aliphatic heterocycles. The molecule has 0 bridgehead atoms. The van der Waals surface area contributed by atoms with Crippen LogP contribution in [-0.2, 0) is 25.8 Å². The van der Waals surface area contributed by atoms with E-state index in [1.54, 1.807) is 0 Å². The smallest absolute Gasteiger partial charge is 0.253 e. The van der Waals surface area contributed by atoms with Crippen molar-refractivity contribution in [3.8, 4) is 0 Å². The molecule has 1 aliphatic carbocycles. The molecular formula is C23H28N4O. The van der Waals surface area contributed by atoms with Crippen molar-refractivity contribution in [1.82, 2.24) is 20.2 Å². The molecule has 3 aliphatic rings. The fourth-order valence-electron chi connectivity index (χ4n) is 4.84. The fraction of sp³-hybridized carbons (Fsp3) is 0.522. The molecule has 1 fully saturated rings. The number of hydrogen-bond donors (Lipinski definition) is 1. The lowest BCUT2D eigenvalue weighted by Gasteiger charge is -2.32. The highest BCUT2D eigenvalue weighted by atomic mass is 16.2. The predicted octanol–water partition coefficient (Wildman–Crippen LogP) is 3.02. The summed E-state index contributed by atoms with van der Waals surface area (Å²) in [6, 6.07) is 6.34. The molecule has 0 atom stereocenters. The molecule has 0 saturated carbocycles. The van der Waals surface area contributed by atoms with Crippen molar-refractivity contribution in [3.63, 3.8) is 0 Å². The number of amides is 1. The number of nitrogens with one attached hydrogen (secondary N) is 1. The fourth-order valence-corrected chi connectivity index (χ4v) is 4.84. The first-order valence-corrected chi connectivity index (χ1v) is 10.7. The number of fused-ring (bicyclic) bond motifs is 2. The molecule has 1 N–H and O–H groups in total. The summed E-state index contributed by atoms with van der Waals surface area (Å²) in [5.74, 6) is 1.53. The van der Waals surface area contributed by atoms with Gasteiger partial charge in [0.2, 0.25) is 0 Å². The van der Waals surface area contributed by atoms with Crippen molar-refractivity contribution in [2.45, 2.75) is 57.4 Å². The molecule has 5 nitrogen and oxygen atoms in total. The van der Waals surface area contributed by atoms with Crippen LogP contribution in [0.1, 0.15) is 70.2 Å². The van der Waals surface area contributed by atoms with E-state index >= 15 is 0 Å². The van der Waals surface area contributed by atoms with E-state index in [1.807, 2.05) is 17.2 Å². The maximum Gasteiger partial charge on any atom is 0.253 e. The molecule has 1 saturated heterocycles. The minimum absolute atomic E-state index is 0.184. The third kappa shape index (κ3) is 3.44. The number of carbonyl (C=O) groups is 1. The molecular weight excluding hydrogens is 348 g/mol. The molecule has 146 valence electrons. The summed E-state index contributed by atoms with van der Waals surface area (Å²) in [4.78, 5) is 24.5. The zero-order valence-electron chi connectivity index (χ0n) is 16.4. The summed E-state index contributed by atoms with van der Waals surface area (Å²) in [5, 5.41) is 3.37. The van der Waals surface area contributed by atoms with Crippen LogP contribution in [-0.4, -0.2) is 40.4 Å². The number of likely N-dealkylation sites (tertiary alicyclic amines) is 1. The number of aryl methyl sites for hydroxylation is 2. The highest BCUT2D eigenvalue weighted by Gasteiger charge is 2.27. The summed E-state index contributed by atoms with van der Waals surface area (Å²) < 4.78 is 0. The summed E-state index contributed by atoms with van der Waals surface area (Å²) in [7, 11) is 0. The Kier molecular flexibility index (Phi) is 4.85. The molecule has 1 aromatic carbocycles. The van der Waals surface area contributed by atoms with E-state index in [0.717, 1.165) is 69.7 Å². The molecule has 1 amide bonds. The number of rotatable bonds is 2. The van der Waals surface area contributed by atoms with Crippen LogP contribution >= 0.6 is 0 Å². The molecule has 0 unspecified atom stereocenters. The Morgan fingerprint density at radius 3 is 2.71 bits per heavy atom. The Morgan fingerprint density at radius 2 is 1.86 bits per heavy atom. The van der Waals surface area contributed by atoms with Gasteiger partial charge in [-0.05, 0) is 61.8 Å². The van der Waals surface area contributed by atoms with Crippen LogP contribution in [0.5, 0.6) is 0 Å². The van der Waals surface area contributed by atoms with E-state index < -0.39 is 0 Å². The normalized spacial score (nSPS) is 19.8. The highest BCUT2D eigenvalue weighted by molar-refractivity contribution is 5.94. The predicted molar refractivity (Wildman–Crippen MR) is 108 cm³/mol. The van der Waals surface area contributed by atoms with E-state index in [1.165, 1.54) is 35.2 Å². The number of hydrogen-bond acceptors (Lipinski definition) is 4. The quantitative estimate of drug-likeness (QED) is 0.875. The van der Waals surface area contributed by atoms with Gasteiger partial charge in [-0.2, -0.15) is 0 Å². The highest BCUT2D eigenvalue weighted by Crippen LogP contribution is 2.28. The first kappa shape index (κ1) is 17.8. The van der Waals surface area contributed by atoms with E-state index in [2.05, 4.69) is 22.4 Å². The van der Waals surface area contributed by atoms with Gasteiger partial charge in [-0.3, -0.25) is 4.79 Å². The minimum Gasteiger partial charge on any atom is -0.339 e. The SMILES string of the molecule is O=C(c1ccc2c(c1)CCCC2)N1CCC(c2ncc3c(n2)CCNC3)CC1. The minimum atomic E-state index is 0.184. The van der Waals surface area contributed by atoms with E-state index in [4.69, 9.17) is 4.98 Å². The molecule has 2 aromatic rings. The van der Waals surface area contributed by atoms with Crippen molar-refractivity contribution in [3.05, 3.63) is 58.2 Å². The van der Waals surface area contributed by atoms with E-state index in [0.29, 0.717) is 5.92 Å². The number of benzene rings is 1. The van der Waals surface area contributed by atoms with Gasteiger partial charge in [-0.15, -0.1) is 0 Å². The third-order valence-electron chi connectivity index (χ3n) is 6.57. The lowest BCUT2D eigenvalue weighted by molar-refractivity contribution is 0.0711. The van der Waals surface area contributed by atoms with Crippen LogP contribution in [0.4, 0.5) is 0 Å². The lowest BCUT2D eigenvalue weighted by atomic mass is 9.90. The second-order valence-electron chi connectivity index (χ2n) is 8.38. The van der Waals surface area contributed by atoms with Crippen LogP contribution in [0.3, 0.4) is 0 Å². The zero-order valence-corrected chi connectivity index (χ0v) is 16.4. The number of piperidine rings is 1. The number of carbonyl (C=O) groups excluding carboxylic acids is 1. The molecule has 3 heterocycles. The molecule has 5 heteroatoms. The zero-order chi connectivity index (χ0) is 18.9. The van der Waals surface area contributed by atoms with Crippen LogP contribution in [0, 0.1) is 0 Å².